The second kappa shape index (κ2) is 4.71. The maximum absolute atomic E-state index is 10.4. The van der Waals surface area contributed by atoms with Crippen molar-refractivity contribution in [3.63, 3.8) is 0 Å². The van der Waals surface area contributed by atoms with E-state index in [1.165, 1.54) is 18.2 Å². The molecule has 0 bridgehead atoms. The van der Waals surface area contributed by atoms with Crippen LogP contribution >= 0.6 is 0 Å². The van der Waals surface area contributed by atoms with Gasteiger partial charge >= 0.3 is 29.6 Å². The molecule has 0 heterocycles. The summed E-state index contributed by atoms with van der Waals surface area (Å²) in [5.41, 5.74) is 5.31. The third-order valence-electron chi connectivity index (χ3n) is 1.22. The van der Waals surface area contributed by atoms with Crippen molar-refractivity contribution >= 4 is 45.9 Å². The van der Waals surface area contributed by atoms with Crippen LogP contribution in [0.3, 0.4) is 0 Å². The van der Waals surface area contributed by atoms with Crippen molar-refractivity contribution in [3.05, 3.63) is 18.2 Å². The molecule has 0 fully saturated rings. The summed E-state index contributed by atoms with van der Waals surface area (Å²) in [6.07, 6.45) is 0. The van der Waals surface area contributed by atoms with Gasteiger partial charge in [0.15, 0.2) is 10.7 Å². The first kappa shape index (κ1) is 11.8. The number of hydrogen-bond acceptors (Lipinski definition) is 4. The zero-order valence-corrected chi connectivity index (χ0v) is 6.41. The van der Waals surface area contributed by atoms with E-state index in [2.05, 4.69) is 0 Å². The molecule has 6 heteroatoms. The Morgan fingerprint density at radius 1 is 1.33 bits per heavy atom. The first-order valence-corrected chi connectivity index (χ1v) is 4.02. The Morgan fingerprint density at radius 3 is 2.33 bits per heavy atom. The van der Waals surface area contributed by atoms with Crippen LogP contribution in [0.2, 0.25) is 0 Å². The number of rotatable bonds is 1. The quantitative estimate of drug-likeness (QED) is 0.240. The minimum atomic E-state index is -2.62. The number of benzene rings is 1. The molecular weight excluding hydrogens is 189 g/mol. The number of phenols is 1. The van der Waals surface area contributed by atoms with Crippen molar-refractivity contribution in [2.24, 2.45) is 0 Å². The molecule has 0 aromatic heterocycles. The molecule has 0 saturated carbocycles. The number of nitrogen functional groups attached to an aromatic ring is 1. The second-order valence-electron chi connectivity index (χ2n) is 2.00. The van der Waals surface area contributed by atoms with E-state index in [4.69, 9.17) is 10.8 Å². The number of aromatic hydroxyl groups is 1. The van der Waals surface area contributed by atoms with Gasteiger partial charge in [0.1, 0.15) is 5.75 Å². The number of thiol groups is 1. The van der Waals surface area contributed by atoms with Gasteiger partial charge in [-0.2, -0.15) is 0 Å². The summed E-state index contributed by atoms with van der Waals surface area (Å²) < 4.78 is 20.7. The SMILES string of the molecule is Nc1cc([SH](=O)=O)ccc1O.[NaH]. The fraction of sp³-hybridized carbons (Fsp3) is 0. The molecule has 0 spiro atoms. The molecule has 0 atom stereocenters. The number of anilines is 1. The monoisotopic (exact) mass is 197 g/mol. The van der Waals surface area contributed by atoms with Crippen LogP contribution in [0, 0.1) is 0 Å². The molecule has 1 aromatic carbocycles. The Hall–Kier alpha value is -0.230. The van der Waals surface area contributed by atoms with E-state index in [1.54, 1.807) is 0 Å². The van der Waals surface area contributed by atoms with Gasteiger partial charge in [-0.25, -0.2) is 8.42 Å². The first-order valence-electron chi connectivity index (χ1n) is 2.84. The molecule has 0 amide bonds. The van der Waals surface area contributed by atoms with E-state index in [0.717, 1.165) is 0 Å². The molecule has 0 aliphatic carbocycles. The Bertz CT molecular complexity index is 343. The Kier molecular flexibility index (Phi) is 4.62. The molecule has 0 unspecified atom stereocenters. The predicted octanol–water partition coefficient (Wildman–Crippen LogP) is -0.704. The Balaban J connectivity index is 0.00000121. The third-order valence-corrected chi connectivity index (χ3v) is 1.92. The second-order valence-corrected chi connectivity index (χ2v) is 3.03. The molecule has 3 N–H and O–H groups in total. The molecule has 0 aliphatic heterocycles. The predicted molar refractivity (Wildman–Crippen MR) is 48.2 cm³/mol. The minimum absolute atomic E-state index is 0. The zero-order valence-electron chi connectivity index (χ0n) is 5.52. The van der Waals surface area contributed by atoms with Crippen LogP contribution in [0.25, 0.3) is 0 Å². The number of hydrogen-bond donors (Lipinski definition) is 3. The summed E-state index contributed by atoms with van der Waals surface area (Å²) in [7, 11) is -2.62. The van der Waals surface area contributed by atoms with Crippen molar-refractivity contribution in [1.82, 2.24) is 0 Å². The fourth-order valence-electron chi connectivity index (χ4n) is 0.655. The van der Waals surface area contributed by atoms with Crippen LogP contribution < -0.4 is 5.73 Å². The standard InChI is InChI=1S/C6H7NO3S.Na.H/c7-5-3-4(11(9)10)1-2-6(5)8;;/h1-3,8,11H,7H2;;. The van der Waals surface area contributed by atoms with Gasteiger partial charge in [0, 0.05) is 0 Å². The average Bonchev–Trinajstić information content (AvgIpc) is 1.94. The molecule has 1 aromatic rings. The normalized spacial score (nSPS) is 9.42. The van der Waals surface area contributed by atoms with E-state index < -0.39 is 10.7 Å². The molecule has 4 nitrogen and oxygen atoms in total. The van der Waals surface area contributed by atoms with Gasteiger partial charge in [-0.15, -0.1) is 0 Å². The van der Waals surface area contributed by atoms with E-state index in [-0.39, 0.29) is 45.9 Å². The third kappa shape index (κ3) is 2.67. The number of phenolic OH excluding ortho intramolecular Hbond substituents is 1. The summed E-state index contributed by atoms with van der Waals surface area (Å²) in [6, 6.07) is 3.74. The van der Waals surface area contributed by atoms with Crippen LogP contribution in [0.1, 0.15) is 0 Å². The van der Waals surface area contributed by atoms with Crippen molar-refractivity contribution in [2.45, 2.75) is 4.90 Å². The Labute approximate surface area is 93.6 Å². The molecule has 62 valence electrons. The molecular formula is C6H8NNaO3S. The molecule has 0 radical (unpaired) electrons. The van der Waals surface area contributed by atoms with Crippen LogP contribution in [0.4, 0.5) is 5.69 Å². The zero-order chi connectivity index (χ0) is 8.43. The topological polar surface area (TPSA) is 80.4 Å². The van der Waals surface area contributed by atoms with Gasteiger partial charge in [-0.05, 0) is 18.2 Å². The molecule has 0 aliphatic rings. The van der Waals surface area contributed by atoms with Gasteiger partial charge in [-0.1, -0.05) is 0 Å². The Morgan fingerprint density at radius 2 is 1.92 bits per heavy atom. The van der Waals surface area contributed by atoms with Crippen molar-refractivity contribution in [1.29, 1.82) is 0 Å². The van der Waals surface area contributed by atoms with Crippen LogP contribution in [0.5, 0.6) is 5.75 Å². The van der Waals surface area contributed by atoms with Crippen molar-refractivity contribution in [3.8, 4) is 5.75 Å². The average molecular weight is 197 g/mol. The summed E-state index contributed by atoms with van der Waals surface area (Å²) in [6.45, 7) is 0. The van der Waals surface area contributed by atoms with Gasteiger partial charge in [0.05, 0.1) is 10.6 Å². The molecule has 0 saturated heterocycles. The summed E-state index contributed by atoms with van der Waals surface area (Å²) in [5.74, 6) is -0.106. The van der Waals surface area contributed by atoms with Crippen molar-refractivity contribution in [2.75, 3.05) is 5.73 Å². The van der Waals surface area contributed by atoms with Gasteiger partial charge in [0.25, 0.3) is 0 Å². The van der Waals surface area contributed by atoms with Crippen LogP contribution in [-0.2, 0) is 10.7 Å². The van der Waals surface area contributed by atoms with Crippen LogP contribution in [-0.4, -0.2) is 43.1 Å². The number of nitrogens with two attached hydrogens (primary N) is 1. The van der Waals surface area contributed by atoms with Gasteiger partial charge < -0.3 is 10.8 Å². The summed E-state index contributed by atoms with van der Waals surface area (Å²) >= 11 is 0. The van der Waals surface area contributed by atoms with Crippen molar-refractivity contribution < 1.29 is 13.5 Å². The van der Waals surface area contributed by atoms with E-state index in [1.807, 2.05) is 0 Å². The van der Waals surface area contributed by atoms with Crippen LogP contribution in [0.15, 0.2) is 23.1 Å². The summed E-state index contributed by atoms with van der Waals surface area (Å²) in [4.78, 5) is 0.107. The van der Waals surface area contributed by atoms with Gasteiger partial charge in [0.2, 0.25) is 0 Å². The van der Waals surface area contributed by atoms with E-state index >= 15 is 0 Å². The van der Waals surface area contributed by atoms with Gasteiger partial charge in [-0.3, -0.25) is 0 Å². The fourth-order valence-corrected chi connectivity index (χ4v) is 1.10. The molecule has 12 heavy (non-hydrogen) atoms. The first-order chi connectivity index (χ1) is 5.11. The van der Waals surface area contributed by atoms with E-state index in [9.17, 15) is 8.42 Å². The summed E-state index contributed by atoms with van der Waals surface area (Å²) in [5, 5.41) is 8.90. The molecule has 1 rings (SSSR count). The maximum atomic E-state index is 10.4. The van der Waals surface area contributed by atoms with E-state index in [0.29, 0.717) is 0 Å².